The summed E-state index contributed by atoms with van der Waals surface area (Å²) in [6, 6.07) is 8.78. The molecule has 1 fully saturated rings. The molecular weight excluding hydrogens is 346 g/mol. The van der Waals surface area contributed by atoms with Crippen LogP contribution in [0.2, 0.25) is 0 Å². The standard InChI is InChI=1S/C19H27N5OS/c1-5-24(6-2)16-11-7-14(8-12-16)17-21-22-19(23(17)4)26-13(3)18(25)20-15-9-10-15/h7-8,11-13,15H,5-6,9-10H2,1-4H3,(H,20,25). The van der Waals surface area contributed by atoms with Gasteiger partial charge in [-0.2, -0.15) is 0 Å². The smallest absolute Gasteiger partial charge is 0.233 e. The highest BCUT2D eigenvalue weighted by Crippen LogP contribution is 2.28. The van der Waals surface area contributed by atoms with Crippen molar-refractivity contribution in [1.82, 2.24) is 20.1 Å². The Morgan fingerprint density at radius 2 is 1.92 bits per heavy atom. The lowest BCUT2D eigenvalue weighted by atomic mass is 10.2. The van der Waals surface area contributed by atoms with Gasteiger partial charge in [-0.15, -0.1) is 10.2 Å². The summed E-state index contributed by atoms with van der Waals surface area (Å²) in [5.74, 6) is 0.888. The van der Waals surface area contributed by atoms with Gasteiger partial charge in [0.05, 0.1) is 5.25 Å². The zero-order valence-electron chi connectivity index (χ0n) is 15.9. The van der Waals surface area contributed by atoms with Crippen LogP contribution >= 0.6 is 11.8 Å². The van der Waals surface area contributed by atoms with Gasteiger partial charge in [-0.25, -0.2) is 0 Å². The van der Waals surface area contributed by atoms with Gasteiger partial charge in [-0.3, -0.25) is 4.79 Å². The summed E-state index contributed by atoms with van der Waals surface area (Å²) in [5.41, 5.74) is 2.23. The van der Waals surface area contributed by atoms with Crippen LogP contribution in [-0.4, -0.2) is 45.1 Å². The molecule has 7 heteroatoms. The highest BCUT2D eigenvalue weighted by molar-refractivity contribution is 8.00. The second kappa shape index (κ2) is 8.12. The van der Waals surface area contributed by atoms with E-state index >= 15 is 0 Å². The highest BCUT2D eigenvalue weighted by Gasteiger charge is 2.27. The Kier molecular flexibility index (Phi) is 5.86. The van der Waals surface area contributed by atoms with Gasteiger partial charge in [0.2, 0.25) is 5.91 Å². The summed E-state index contributed by atoms with van der Waals surface area (Å²) in [5, 5.41) is 12.2. The van der Waals surface area contributed by atoms with Gasteiger partial charge in [0, 0.05) is 37.4 Å². The molecule has 1 unspecified atom stereocenters. The van der Waals surface area contributed by atoms with Crippen molar-refractivity contribution in [1.29, 1.82) is 0 Å². The van der Waals surface area contributed by atoms with Gasteiger partial charge in [0.15, 0.2) is 11.0 Å². The third-order valence-corrected chi connectivity index (χ3v) is 5.80. The van der Waals surface area contributed by atoms with Crippen molar-refractivity contribution in [3.63, 3.8) is 0 Å². The Hall–Kier alpha value is -2.02. The van der Waals surface area contributed by atoms with Crippen LogP contribution in [0.15, 0.2) is 29.4 Å². The van der Waals surface area contributed by atoms with E-state index < -0.39 is 0 Å². The molecule has 1 N–H and O–H groups in total. The molecule has 1 aliphatic rings. The number of nitrogens with one attached hydrogen (secondary N) is 1. The number of thioether (sulfide) groups is 1. The Bertz CT molecular complexity index is 750. The topological polar surface area (TPSA) is 63.1 Å². The number of anilines is 1. The first-order valence-electron chi connectivity index (χ1n) is 9.25. The van der Waals surface area contributed by atoms with Crippen molar-refractivity contribution in [2.45, 2.75) is 50.1 Å². The second-order valence-electron chi connectivity index (χ2n) is 6.63. The number of amides is 1. The largest absolute Gasteiger partial charge is 0.372 e. The average Bonchev–Trinajstić information content (AvgIpc) is 3.39. The summed E-state index contributed by atoms with van der Waals surface area (Å²) in [6.07, 6.45) is 2.20. The fraction of sp³-hybridized carbons (Fsp3) is 0.526. The number of carbonyl (C=O) groups excluding carboxylic acids is 1. The number of benzene rings is 1. The zero-order valence-corrected chi connectivity index (χ0v) is 16.7. The van der Waals surface area contributed by atoms with Crippen LogP contribution in [0.5, 0.6) is 0 Å². The van der Waals surface area contributed by atoms with E-state index in [9.17, 15) is 4.79 Å². The highest BCUT2D eigenvalue weighted by atomic mass is 32.2. The Balaban J connectivity index is 1.70. The number of nitrogens with zero attached hydrogens (tertiary/aromatic N) is 4. The number of hydrogen-bond donors (Lipinski definition) is 1. The first kappa shape index (κ1) is 18.8. The van der Waals surface area contributed by atoms with E-state index in [1.807, 2.05) is 18.5 Å². The van der Waals surface area contributed by atoms with E-state index in [-0.39, 0.29) is 11.2 Å². The maximum Gasteiger partial charge on any atom is 0.233 e. The summed E-state index contributed by atoms with van der Waals surface area (Å²) in [4.78, 5) is 14.5. The SMILES string of the molecule is CCN(CC)c1ccc(-c2nnc(SC(C)C(=O)NC3CC3)n2C)cc1. The minimum Gasteiger partial charge on any atom is -0.372 e. The van der Waals surface area contributed by atoms with Crippen LogP contribution in [0.25, 0.3) is 11.4 Å². The normalized spacial score (nSPS) is 14.9. The fourth-order valence-corrected chi connectivity index (χ4v) is 3.66. The van der Waals surface area contributed by atoms with E-state index in [0.717, 1.165) is 42.5 Å². The van der Waals surface area contributed by atoms with Crippen LogP contribution in [0.3, 0.4) is 0 Å². The zero-order chi connectivity index (χ0) is 18.7. The van der Waals surface area contributed by atoms with Gasteiger partial charge in [0.25, 0.3) is 0 Å². The van der Waals surface area contributed by atoms with Gasteiger partial charge < -0.3 is 14.8 Å². The fourth-order valence-electron chi connectivity index (χ4n) is 2.84. The van der Waals surface area contributed by atoms with Gasteiger partial charge in [-0.05, 0) is 57.9 Å². The summed E-state index contributed by atoms with van der Waals surface area (Å²) < 4.78 is 1.96. The van der Waals surface area contributed by atoms with Gasteiger partial charge >= 0.3 is 0 Å². The van der Waals surface area contributed by atoms with Crippen molar-refractivity contribution >= 4 is 23.4 Å². The monoisotopic (exact) mass is 373 g/mol. The van der Waals surface area contributed by atoms with Crippen LogP contribution in [0, 0.1) is 0 Å². The average molecular weight is 374 g/mol. The lowest BCUT2D eigenvalue weighted by molar-refractivity contribution is -0.120. The molecule has 1 heterocycles. The molecule has 26 heavy (non-hydrogen) atoms. The van der Waals surface area contributed by atoms with E-state index in [1.165, 1.54) is 17.4 Å². The molecule has 0 spiro atoms. The van der Waals surface area contributed by atoms with Gasteiger partial charge in [0.1, 0.15) is 0 Å². The minimum absolute atomic E-state index is 0.0747. The molecule has 0 saturated heterocycles. The first-order valence-corrected chi connectivity index (χ1v) is 10.1. The van der Waals surface area contributed by atoms with Gasteiger partial charge in [-0.1, -0.05) is 11.8 Å². The molecule has 140 valence electrons. The van der Waals surface area contributed by atoms with Crippen molar-refractivity contribution in [3.8, 4) is 11.4 Å². The molecule has 1 aromatic carbocycles. The maximum absolute atomic E-state index is 12.2. The first-order chi connectivity index (χ1) is 12.5. The number of aromatic nitrogens is 3. The molecule has 6 nitrogen and oxygen atoms in total. The summed E-state index contributed by atoms with van der Waals surface area (Å²) >= 11 is 1.45. The van der Waals surface area contributed by atoms with Crippen molar-refractivity contribution in [3.05, 3.63) is 24.3 Å². The predicted molar refractivity (Wildman–Crippen MR) is 106 cm³/mol. The molecular formula is C19H27N5OS. The maximum atomic E-state index is 12.2. The molecule has 0 aliphatic heterocycles. The number of rotatable bonds is 8. The molecule has 1 aliphatic carbocycles. The number of hydrogen-bond acceptors (Lipinski definition) is 5. The van der Waals surface area contributed by atoms with E-state index in [0.29, 0.717) is 6.04 Å². The van der Waals surface area contributed by atoms with Crippen molar-refractivity contribution < 1.29 is 4.79 Å². The molecule has 3 rings (SSSR count). The Morgan fingerprint density at radius 3 is 2.50 bits per heavy atom. The molecule has 0 bridgehead atoms. The second-order valence-corrected chi connectivity index (χ2v) is 7.94. The van der Waals surface area contributed by atoms with Crippen LogP contribution in [0.4, 0.5) is 5.69 Å². The summed E-state index contributed by atoms with van der Waals surface area (Å²) in [6.45, 7) is 8.20. The molecule has 0 radical (unpaired) electrons. The molecule has 1 aromatic heterocycles. The molecule has 1 atom stereocenters. The van der Waals surface area contributed by atoms with E-state index in [4.69, 9.17) is 0 Å². The molecule has 2 aromatic rings. The quantitative estimate of drug-likeness (QED) is 0.721. The third-order valence-electron chi connectivity index (χ3n) is 4.66. The van der Waals surface area contributed by atoms with Crippen LogP contribution < -0.4 is 10.2 Å². The lowest BCUT2D eigenvalue weighted by Gasteiger charge is -2.21. The third kappa shape index (κ3) is 4.20. The molecule has 1 amide bonds. The van der Waals surface area contributed by atoms with Crippen molar-refractivity contribution in [2.75, 3.05) is 18.0 Å². The van der Waals surface area contributed by atoms with Crippen molar-refractivity contribution in [2.24, 2.45) is 7.05 Å². The predicted octanol–water partition coefficient (Wildman–Crippen LogP) is 3.09. The minimum atomic E-state index is -0.184. The number of carbonyl (C=O) groups is 1. The van der Waals surface area contributed by atoms with Crippen LogP contribution in [-0.2, 0) is 11.8 Å². The Morgan fingerprint density at radius 1 is 1.27 bits per heavy atom. The summed E-state index contributed by atoms with van der Waals surface area (Å²) in [7, 11) is 1.95. The Labute approximate surface area is 159 Å². The van der Waals surface area contributed by atoms with E-state index in [2.05, 4.69) is 58.5 Å². The molecule has 1 saturated carbocycles. The van der Waals surface area contributed by atoms with E-state index in [1.54, 1.807) is 0 Å². The lowest BCUT2D eigenvalue weighted by Crippen LogP contribution is -2.32. The van der Waals surface area contributed by atoms with Crippen LogP contribution in [0.1, 0.15) is 33.6 Å².